The Morgan fingerprint density at radius 2 is 1.48 bits per heavy atom. The summed E-state index contributed by atoms with van der Waals surface area (Å²) in [4.78, 5) is 2.36. The van der Waals surface area contributed by atoms with Crippen LogP contribution in [-0.4, -0.2) is 24.4 Å². The van der Waals surface area contributed by atoms with Gasteiger partial charge in [-0.15, -0.1) is 0 Å². The smallest absolute Gasteiger partial charge is 0.209 e. The number of hydrogen-bond acceptors (Lipinski definition) is 2. The Morgan fingerprint density at radius 3 is 2.21 bits per heavy atom. The Morgan fingerprint density at radius 1 is 0.786 bits per heavy atom. The molecule has 1 aliphatic carbocycles. The van der Waals surface area contributed by atoms with Crippen LogP contribution in [0.15, 0.2) is 126 Å². The van der Waals surface area contributed by atoms with Crippen molar-refractivity contribution in [2.24, 2.45) is 0 Å². The summed E-state index contributed by atoms with van der Waals surface area (Å²) < 4.78 is 2.36. The third-order valence-corrected chi connectivity index (χ3v) is 9.61. The Bertz CT molecular complexity index is 1660. The monoisotopic (exact) mass is 554 g/mol. The largest absolute Gasteiger partial charge is 0.381 e. The highest BCUT2D eigenvalue weighted by Crippen LogP contribution is 2.47. The molecule has 0 atom stereocenters. The van der Waals surface area contributed by atoms with Gasteiger partial charge in [-0.3, -0.25) is 0 Å². The number of fused-ring (bicyclic) bond motifs is 2. The fourth-order valence-electron chi connectivity index (χ4n) is 7.23. The molecule has 3 aromatic rings. The first-order chi connectivity index (χ1) is 20.2. The fraction of sp³-hybridized carbons (Fsp3) is 0.308. The molecule has 0 fully saturated rings. The van der Waals surface area contributed by atoms with E-state index in [9.17, 15) is 0 Å². The normalized spacial score (nSPS) is 21.0. The summed E-state index contributed by atoms with van der Waals surface area (Å²) in [5, 5.41) is 3.88. The molecule has 3 aromatic carbocycles. The van der Waals surface area contributed by atoms with Crippen LogP contribution in [0.1, 0.15) is 63.6 Å². The number of allylic oxidation sites excluding steroid dienone is 7. The minimum atomic E-state index is -0.0363. The molecule has 214 valence electrons. The van der Waals surface area contributed by atoms with E-state index < -0.39 is 0 Å². The minimum absolute atomic E-state index is 0.0363. The van der Waals surface area contributed by atoms with Gasteiger partial charge in [-0.25, -0.2) is 0 Å². The highest BCUT2D eigenvalue weighted by molar-refractivity contribution is 6.03. The minimum Gasteiger partial charge on any atom is -0.381 e. The highest BCUT2D eigenvalue weighted by atomic mass is 15.2. The predicted molar refractivity (Wildman–Crippen MR) is 178 cm³/mol. The number of nitrogens with one attached hydrogen (secondary N) is 1. The molecule has 0 aromatic heterocycles. The molecule has 2 heterocycles. The summed E-state index contributed by atoms with van der Waals surface area (Å²) in [6, 6.07) is 28.3. The maximum atomic E-state index is 3.88. The second kappa shape index (κ2) is 10.9. The number of para-hydroxylation sites is 2. The number of nitrogens with zero attached hydrogens (tertiary/aromatic N) is 2. The van der Waals surface area contributed by atoms with Crippen molar-refractivity contribution in [2.75, 3.05) is 19.0 Å². The molecule has 0 radical (unpaired) electrons. The fourth-order valence-corrected chi connectivity index (χ4v) is 7.23. The van der Waals surface area contributed by atoms with Gasteiger partial charge in [0, 0.05) is 53.8 Å². The van der Waals surface area contributed by atoms with E-state index in [1.807, 2.05) is 0 Å². The molecule has 0 unspecified atom stereocenters. The van der Waals surface area contributed by atoms with Crippen molar-refractivity contribution in [1.82, 2.24) is 5.32 Å². The summed E-state index contributed by atoms with van der Waals surface area (Å²) >= 11 is 0. The molecule has 0 spiro atoms. The van der Waals surface area contributed by atoms with Crippen LogP contribution in [0.4, 0.5) is 11.4 Å². The van der Waals surface area contributed by atoms with Gasteiger partial charge in [0.25, 0.3) is 0 Å². The average Bonchev–Trinajstić information content (AvgIpc) is 3.32. The Kier molecular flexibility index (Phi) is 7.30. The summed E-state index contributed by atoms with van der Waals surface area (Å²) in [6.45, 7) is 10.2. The summed E-state index contributed by atoms with van der Waals surface area (Å²) in [5.41, 5.74) is 13.3. The first-order valence-electron chi connectivity index (χ1n) is 15.3. The predicted octanol–water partition coefficient (Wildman–Crippen LogP) is 8.71. The maximum absolute atomic E-state index is 3.88. The lowest BCUT2D eigenvalue weighted by molar-refractivity contribution is -0.401. The highest BCUT2D eigenvalue weighted by Gasteiger charge is 2.42. The SMILES string of the molecule is CN1C(=CC=C2CCCC(C=CC3=[N+](C)c4ccccc4C3(C)C)=C2NCc2ccccc2)C(C)(C)c2ccccc21. The van der Waals surface area contributed by atoms with Crippen molar-refractivity contribution in [3.05, 3.63) is 142 Å². The first kappa shape index (κ1) is 28.0. The number of anilines is 1. The molecular formula is C39H44N3+. The van der Waals surface area contributed by atoms with E-state index in [1.54, 1.807) is 0 Å². The molecule has 0 saturated carbocycles. The molecule has 0 amide bonds. The van der Waals surface area contributed by atoms with Crippen LogP contribution in [0.3, 0.4) is 0 Å². The molecule has 2 aliphatic heterocycles. The standard InChI is InChI=1S/C39H43N3/c1-38(2)31-19-10-12-21-33(31)41(5)35(38)25-23-29-17-14-18-30(37(29)40-27-28-15-8-7-9-16-28)24-26-36-39(3,4)32-20-11-13-22-34(32)42(36)6/h7-13,15-16,19-26H,14,17-18,27H2,1-6H3/p+1. The van der Waals surface area contributed by atoms with Crippen molar-refractivity contribution in [1.29, 1.82) is 0 Å². The van der Waals surface area contributed by atoms with Crippen LogP contribution in [-0.2, 0) is 17.4 Å². The van der Waals surface area contributed by atoms with Gasteiger partial charge < -0.3 is 10.2 Å². The van der Waals surface area contributed by atoms with Crippen LogP contribution in [0, 0.1) is 0 Å². The van der Waals surface area contributed by atoms with Gasteiger partial charge in [-0.2, -0.15) is 4.58 Å². The number of rotatable bonds is 6. The lowest BCUT2D eigenvalue weighted by Crippen LogP contribution is -2.27. The van der Waals surface area contributed by atoms with Gasteiger partial charge in [0.15, 0.2) is 5.71 Å². The van der Waals surface area contributed by atoms with E-state index in [-0.39, 0.29) is 10.8 Å². The van der Waals surface area contributed by atoms with Crippen molar-refractivity contribution >= 4 is 17.1 Å². The first-order valence-corrected chi connectivity index (χ1v) is 15.3. The Balaban J connectivity index is 1.38. The van der Waals surface area contributed by atoms with Gasteiger partial charge >= 0.3 is 0 Å². The van der Waals surface area contributed by atoms with Crippen molar-refractivity contribution < 1.29 is 4.58 Å². The third-order valence-electron chi connectivity index (χ3n) is 9.61. The number of hydrogen-bond donors (Lipinski definition) is 1. The van der Waals surface area contributed by atoms with Gasteiger partial charge in [0.05, 0.1) is 5.41 Å². The molecule has 42 heavy (non-hydrogen) atoms. The van der Waals surface area contributed by atoms with Crippen LogP contribution in [0.2, 0.25) is 0 Å². The van der Waals surface area contributed by atoms with E-state index >= 15 is 0 Å². The molecular weight excluding hydrogens is 510 g/mol. The van der Waals surface area contributed by atoms with E-state index in [2.05, 4.69) is 160 Å². The molecule has 3 heteroatoms. The van der Waals surface area contributed by atoms with E-state index in [4.69, 9.17) is 0 Å². The molecule has 0 bridgehead atoms. The summed E-state index contributed by atoms with van der Waals surface area (Å²) in [7, 11) is 4.40. The zero-order chi connectivity index (χ0) is 29.5. The summed E-state index contributed by atoms with van der Waals surface area (Å²) in [6.07, 6.45) is 12.8. The van der Waals surface area contributed by atoms with Crippen LogP contribution in [0.5, 0.6) is 0 Å². The second-order valence-corrected chi connectivity index (χ2v) is 13.0. The van der Waals surface area contributed by atoms with Crippen molar-refractivity contribution in [2.45, 2.75) is 64.3 Å². The van der Waals surface area contributed by atoms with Gasteiger partial charge in [-0.05, 0) is 67.5 Å². The molecule has 0 saturated heterocycles. The maximum Gasteiger partial charge on any atom is 0.209 e. The van der Waals surface area contributed by atoms with Crippen molar-refractivity contribution in [3.8, 4) is 0 Å². The van der Waals surface area contributed by atoms with E-state index in [0.717, 1.165) is 25.8 Å². The molecule has 1 N–H and O–H groups in total. The van der Waals surface area contributed by atoms with E-state index in [0.29, 0.717) is 0 Å². The van der Waals surface area contributed by atoms with Gasteiger partial charge in [-0.1, -0.05) is 92.7 Å². The van der Waals surface area contributed by atoms with Crippen LogP contribution >= 0.6 is 0 Å². The molecule has 3 aliphatic rings. The zero-order valence-electron chi connectivity index (χ0n) is 26.0. The Labute approximate surface area is 252 Å². The van der Waals surface area contributed by atoms with E-state index in [1.165, 1.54) is 56.3 Å². The van der Waals surface area contributed by atoms with Gasteiger partial charge in [0.1, 0.15) is 7.05 Å². The molecule has 6 rings (SSSR count). The van der Waals surface area contributed by atoms with Crippen LogP contribution < -0.4 is 10.2 Å². The molecule has 3 nitrogen and oxygen atoms in total. The topological polar surface area (TPSA) is 18.3 Å². The number of benzene rings is 3. The van der Waals surface area contributed by atoms with Crippen LogP contribution in [0.25, 0.3) is 0 Å². The lowest BCUT2D eigenvalue weighted by Gasteiger charge is -2.25. The zero-order valence-corrected chi connectivity index (χ0v) is 26.0. The Hall–Kier alpha value is -4.11. The third kappa shape index (κ3) is 4.85. The van der Waals surface area contributed by atoms with Crippen molar-refractivity contribution in [3.63, 3.8) is 0 Å². The quantitative estimate of drug-likeness (QED) is 0.307. The lowest BCUT2D eigenvalue weighted by atomic mass is 9.81. The average molecular weight is 555 g/mol. The summed E-state index contributed by atoms with van der Waals surface area (Å²) in [5.74, 6) is 0. The number of likely N-dealkylation sites (N-methyl/N-ethyl adjacent to an activating group) is 1. The second-order valence-electron chi connectivity index (χ2n) is 13.0. The van der Waals surface area contributed by atoms with Gasteiger partial charge in [0.2, 0.25) is 5.69 Å².